The minimum absolute atomic E-state index is 0.0451. The molecule has 1 aromatic heterocycles. The number of hydrogen-bond donors (Lipinski definition) is 2. The first kappa shape index (κ1) is 16.2. The molecule has 0 aliphatic rings. The van der Waals surface area contributed by atoms with Crippen molar-refractivity contribution in [3.8, 4) is 0 Å². The zero-order chi connectivity index (χ0) is 14.6. The second-order valence-electron chi connectivity index (χ2n) is 5.04. The molecule has 0 radical (unpaired) electrons. The molecule has 0 aromatic carbocycles. The van der Waals surface area contributed by atoms with Gasteiger partial charge in [-0.1, -0.05) is 20.8 Å². The second-order valence-corrected chi connectivity index (χ2v) is 6.75. The van der Waals surface area contributed by atoms with Crippen molar-refractivity contribution in [3.63, 3.8) is 0 Å². The maximum absolute atomic E-state index is 12.3. The Morgan fingerprint density at radius 2 is 2.00 bits per heavy atom. The lowest BCUT2D eigenvalue weighted by Gasteiger charge is -2.20. The van der Waals surface area contributed by atoms with E-state index in [9.17, 15) is 8.42 Å². The van der Waals surface area contributed by atoms with Crippen molar-refractivity contribution in [2.75, 3.05) is 0 Å². The summed E-state index contributed by atoms with van der Waals surface area (Å²) in [7, 11) is -3.46. The summed E-state index contributed by atoms with van der Waals surface area (Å²) in [5.74, 6) is 0.266. The summed E-state index contributed by atoms with van der Waals surface area (Å²) in [5, 5.41) is 0. The summed E-state index contributed by atoms with van der Waals surface area (Å²) in [6.45, 7) is 9.02. The van der Waals surface area contributed by atoms with Crippen LogP contribution in [0.2, 0.25) is 0 Å². The van der Waals surface area contributed by atoms with E-state index in [4.69, 9.17) is 5.73 Å². The molecule has 19 heavy (non-hydrogen) atoms. The van der Waals surface area contributed by atoms with Gasteiger partial charge in [0.05, 0.1) is 4.90 Å². The van der Waals surface area contributed by atoms with Gasteiger partial charge in [-0.3, -0.25) is 0 Å². The highest BCUT2D eigenvalue weighted by molar-refractivity contribution is 7.89. The van der Waals surface area contributed by atoms with Crippen molar-refractivity contribution < 1.29 is 8.42 Å². The first-order chi connectivity index (χ1) is 8.85. The van der Waals surface area contributed by atoms with E-state index in [2.05, 4.69) is 4.72 Å². The third-order valence-electron chi connectivity index (χ3n) is 3.37. The molecular formula is C13H25N3O2S. The summed E-state index contributed by atoms with van der Waals surface area (Å²) in [6.07, 6.45) is 2.42. The molecule has 110 valence electrons. The molecule has 5 nitrogen and oxygen atoms in total. The standard InChI is InChI=1S/C13H25N3O2S/c1-5-13(10(3)4)15-19(17,18)12-7-11(8-14)16(6-2)9-12/h7,9-10,13,15H,5-6,8,14H2,1-4H3. The number of nitrogens with one attached hydrogen (secondary N) is 1. The summed E-state index contributed by atoms with van der Waals surface area (Å²) in [6, 6.07) is 1.61. The highest BCUT2D eigenvalue weighted by Gasteiger charge is 2.23. The van der Waals surface area contributed by atoms with E-state index in [1.54, 1.807) is 12.3 Å². The molecule has 1 aromatic rings. The van der Waals surface area contributed by atoms with Crippen LogP contribution in [0.4, 0.5) is 0 Å². The van der Waals surface area contributed by atoms with E-state index < -0.39 is 10.0 Å². The molecule has 1 rings (SSSR count). The molecule has 0 bridgehead atoms. The molecular weight excluding hydrogens is 262 g/mol. The zero-order valence-corrected chi connectivity index (χ0v) is 13.0. The van der Waals surface area contributed by atoms with Crippen LogP contribution < -0.4 is 10.5 Å². The Kier molecular flexibility index (Phi) is 5.58. The maximum Gasteiger partial charge on any atom is 0.242 e. The van der Waals surface area contributed by atoms with Crippen LogP contribution in [0.5, 0.6) is 0 Å². The van der Waals surface area contributed by atoms with Crippen molar-refractivity contribution in [1.82, 2.24) is 9.29 Å². The molecule has 0 aliphatic carbocycles. The molecule has 0 saturated heterocycles. The van der Waals surface area contributed by atoms with Crippen LogP contribution in [0.3, 0.4) is 0 Å². The Labute approximate surface area is 116 Å². The quantitative estimate of drug-likeness (QED) is 0.801. The number of rotatable bonds is 7. The van der Waals surface area contributed by atoms with Gasteiger partial charge in [-0.15, -0.1) is 0 Å². The predicted octanol–water partition coefficient (Wildman–Crippen LogP) is 1.68. The lowest BCUT2D eigenvalue weighted by atomic mass is 10.0. The van der Waals surface area contributed by atoms with Crippen LogP contribution >= 0.6 is 0 Å². The molecule has 0 aliphatic heterocycles. The van der Waals surface area contributed by atoms with E-state index in [0.29, 0.717) is 18.0 Å². The SMILES string of the molecule is CCC(NS(=O)(=O)c1cc(CN)n(CC)c1)C(C)C. The topological polar surface area (TPSA) is 77.1 Å². The molecule has 1 unspecified atom stereocenters. The molecule has 1 heterocycles. The van der Waals surface area contributed by atoms with E-state index in [1.165, 1.54) is 0 Å². The number of sulfonamides is 1. The van der Waals surface area contributed by atoms with Gasteiger partial charge < -0.3 is 10.3 Å². The predicted molar refractivity (Wildman–Crippen MR) is 77.2 cm³/mol. The van der Waals surface area contributed by atoms with Crippen LogP contribution in [0.25, 0.3) is 0 Å². The highest BCUT2D eigenvalue weighted by atomic mass is 32.2. The van der Waals surface area contributed by atoms with Crippen molar-refractivity contribution in [3.05, 3.63) is 18.0 Å². The van der Waals surface area contributed by atoms with Gasteiger partial charge in [0, 0.05) is 31.0 Å². The monoisotopic (exact) mass is 287 g/mol. The molecule has 0 saturated carbocycles. The van der Waals surface area contributed by atoms with E-state index in [1.807, 2.05) is 32.3 Å². The van der Waals surface area contributed by atoms with Gasteiger partial charge in [0.25, 0.3) is 0 Å². The van der Waals surface area contributed by atoms with Crippen LogP contribution in [0.15, 0.2) is 17.2 Å². The number of aromatic nitrogens is 1. The van der Waals surface area contributed by atoms with Crippen molar-refractivity contribution in [2.24, 2.45) is 11.7 Å². The fourth-order valence-corrected chi connectivity index (χ4v) is 3.63. The van der Waals surface area contributed by atoms with Crippen molar-refractivity contribution in [1.29, 1.82) is 0 Å². The van der Waals surface area contributed by atoms with Gasteiger partial charge >= 0.3 is 0 Å². The summed E-state index contributed by atoms with van der Waals surface area (Å²) < 4.78 is 29.3. The molecule has 1 atom stereocenters. The average molecular weight is 287 g/mol. The number of hydrogen-bond acceptors (Lipinski definition) is 3. The van der Waals surface area contributed by atoms with Gasteiger partial charge in [0.15, 0.2) is 0 Å². The van der Waals surface area contributed by atoms with Gasteiger partial charge in [0.1, 0.15) is 0 Å². The van der Waals surface area contributed by atoms with Crippen LogP contribution in [0, 0.1) is 5.92 Å². The number of nitrogens with two attached hydrogens (primary N) is 1. The number of aryl methyl sites for hydroxylation is 1. The largest absolute Gasteiger partial charge is 0.349 e. The maximum atomic E-state index is 12.3. The fourth-order valence-electron chi connectivity index (χ4n) is 2.10. The third kappa shape index (κ3) is 3.81. The van der Waals surface area contributed by atoms with Gasteiger partial charge in [-0.2, -0.15) is 0 Å². The summed E-state index contributed by atoms with van der Waals surface area (Å²) in [5.41, 5.74) is 6.46. The van der Waals surface area contributed by atoms with E-state index in [0.717, 1.165) is 12.1 Å². The highest BCUT2D eigenvalue weighted by Crippen LogP contribution is 2.17. The molecule has 0 fully saturated rings. The van der Waals surface area contributed by atoms with Gasteiger partial charge in [0.2, 0.25) is 10.0 Å². The Bertz CT molecular complexity index is 484. The zero-order valence-electron chi connectivity index (χ0n) is 12.2. The van der Waals surface area contributed by atoms with E-state index in [-0.39, 0.29) is 12.0 Å². The Morgan fingerprint density at radius 1 is 1.37 bits per heavy atom. The van der Waals surface area contributed by atoms with Crippen molar-refractivity contribution >= 4 is 10.0 Å². The average Bonchev–Trinajstić information content (AvgIpc) is 2.79. The normalized spacial score (nSPS) is 14.0. The fraction of sp³-hybridized carbons (Fsp3) is 0.692. The molecule has 3 N–H and O–H groups in total. The first-order valence-electron chi connectivity index (χ1n) is 6.77. The first-order valence-corrected chi connectivity index (χ1v) is 8.25. The third-order valence-corrected chi connectivity index (χ3v) is 4.83. The lowest BCUT2D eigenvalue weighted by molar-refractivity contribution is 0.437. The van der Waals surface area contributed by atoms with Crippen LogP contribution in [-0.4, -0.2) is 19.0 Å². The van der Waals surface area contributed by atoms with Crippen LogP contribution in [0.1, 0.15) is 39.8 Å². The Balaban J connectivity index is 3.03. The summed E-state index contributed by atoms with van der Waals surface area (Å²) >= 11 is 0. The Morgan fingerprint density at radius 3 is 2.37 bits per heavy atom. The molecule has 0 amide bonds. The molecule has 0 spiro atoms. The second kappa shape index (κ2) is 6.54. The Hall–Kier alpha value is -0.850. The number of nitrogens with zero attached hydrogens (tertiary/aromatic N) is 1. The summed E-state index contributed by atoms with van der Waals surface area (Å²) in [4.78, 5) is 0.300. The van der Waals surface area contributed by atoms with E-state index >= 15 is 0 Å². The lowest BCUT2D eigenvalue weighted by Crippen LogP contribution is -2.37. The van der Waals surface area contributed by atoms with Gasteiger partial charge in [-0.25, -0.2) is 13.1 Å². The minimum Gasteiger partial charge on any atom is -0.349 e. The van der Waals surface area contributed by atoms with Crippen molar-refractivity contribution in [2.45, 2.75) is 58.1 Å². The molecule has 6 heteroatoms. The minimum atomic E-state index is -3.46. The van der Waals surface area contributed by atoms with Gasteiger partial charge in [-0.05, 0) is 25.3 Å². The smallest absolute Gasteiger partial charge is 0.242 e. The van der Waals surface area contributed by atoms with Crippen LogP contribution in [-0.2, 0) is 23.1 Å².